The fourth-order valence-corrected chi connectivity index (χ4v) is 10.2. The molecule has 1 aliphatic heterocycles. The van der Waals surface area contributed by atoms with Gasteiger partial charge in [-0.25, -0.2) is 0 Å². The summed E-state index contributed by atoms with van der Waals surface area (Å²) in [4.78, 5) is 26.6. The SMILES string of the molecule is CC/C=C\C/C=C\C/C=C\C/C=C\C/C=C\C/C=C\CCCCC(=O)OC1C(OCC(NC(=O)C(O)CCCCCCCCCCCCCCCC/C=C\C/C=C\CCCCC)C(O)/C=C/CCCCCCCCCCC)OC(CO)C(O)C1O. The van der Waals surface area contributed by atoms with Crippen LogP contribution in [0.1, 0.15) is 284 Å². The Hall–Kier alpha value is -3.68. The lowest BCUT2D eigenvalue weighted by Crippen LogP contribution is -2.61. The monoisotopic (exact) mass is 1190 g/mol. The van der Waals surface area contributed by atoms with Crippen molar-refractivity contribution in [3.8, 4) is 0 Å². The number of hydrogen-bond acceptors (Lipinski definition) is 10. The van der Waals surface area contributed by atoms with Crippen LogP contribution in [0.3, 0.4) is 0 Å². The van der Waals surface area contributed by atoms with Gasteiger partial charge in [0.05, 0.1) is 25.4 Å². The zero-order valence-corrected chi connectivity index (χ0v) is 54.2. The number of hydrogen-bond donors (Lipinski definition) is 6. The average Bonchev–Trinajstić information content (AvgIpc) is 2.91. The molecule has 8 unspecified atom stereocenters. The molecule has 0 saturated carbocycles. The van der Waals surface area contributed by atoms with Crippen molar-refractivity contribution in [3.63, 3.8) is 0 Å². The van der Waals surface area contributed by atoms with Crippen molar-refractivity contribution in [1.29, 1.82) is 0 Å². The largest absolute Gasteiger partial charge is 0.454 e. The van der Waals surface area contributed by atoms with Gasteiger partial charge < -0.3 is 45.1 Å². The average molecular weight is 1190 g/mol. The summed E-state index contributed by atoms with van der Waals surface area (Å²) in [7, 11) is 0. The first-order valence-electron chi connectivity index (χ1n) is 34.7. The maximum Gasteiger partial charge on any atom is 0.306 e. The van der Waals surface area contributed by atoms with Gasteiger partial charge in [0.2, 0.25) is 5.91 Å². The van der Waals surface area contributed by atoms with Crippen LogP contribution in [0.4, 0.5) is 0 Å². The number of esters is 1. The highest BCUT2D eigenvalue weighted by atomic mass is 16.7. The van der Waals surface area contributed by atoms with Crippen molar-refractivity contribution in [3.05, 3.63) is 109 Å². The van der Waals surface area contributed by atoms with E-state index in [4.69, 9.17) is 14.2 Å². The van der Waals surface area contributed by atoms with E-state index in [1.807, 2.05) is 6.08 Å². The second-order valence-corrected chi connectivity index (χ2v) is 23.5. The van der Waals surface area contributed by atoms with Crippen LogP contribution in [0.15, 0.2) is 109 Å². The molecule has 0 aromatic heterocycles. The summed E-state index contributed by atoms with van der Waals surface area (Å²) in [5.41, 5.74) is 0. The molecule has 11 nitrogen and oxygen atoms in total. The molecular weight excluding hydrogens is 1060 g/mol. The molecule has 1 saturated heterocycles. The van der Waals surface area contributed by atoms with Gasteiger partial charge in [-0.2, -0.15) is 0 Å². The standard InChI is InChI=1S/C74H127NO10/c1-4-7-10-13-16-19-22-24-26-28-30-32-33-34-36-37-39-41-43-46-49-52-55-58-61-67(78)73(82)75-65(66(77)60-57-54-51-48-45-21-18-15-12-9-6-3)64-83-74-72(71(81)70(80)68(63-76)84-74)85-69(79)62-59-56-53-50-47-44-42-40-38-35-31-29-27-25-23-20-17-14-11-8-5-2/h8,11,16-17,19-20,24-27,31,35,40,42,47,50,57,60,65-68,70-72,74,76-78,80-81H,4-7,9-10,12-15,18,21-23,28-30,32-34,36-39,41,43-46,48-49,51-56,58-59,61-64H2,1-3H3,(H,75,82)/b11-8-,19-16-,20-17-,26-24-,27-25-,35-31-,42-40-,50-47-,60-57+. The summed E-state index contributed by atoms with van der Waals surface area (Å²) in [6.45, 7) is 5.64. The first kappa shape index (κ1) is 79.3. The Labute approximate surface area is 519 Å². The minimum absolute atomic E-state index is 0.0640. The van der Waals surface area contributed by atoms with Gasteiger partial charge in [-0.1, -0.05) is 278 Å². The molecule has 85 heavy (non-hydrogen) atoms. The van der Waals surface area contributed by atoms with Crippen LogP contribution in [-0.4, -0.2) is 99.6 Å². The summed E-state index contributed by atoms with van der Waals surface area (Å²) < 4.78 is 17.6. The van der Waals surface area contributed by atoms with E-state index in [9.17, 15) is 35.1 Å². The van der Waals surface area contributed by atoms with Gasteiger partial charge in [-0.3, -0.25) is 9.59 Å². The third-order valence-electron chi connectivity index (χ3n) is 15.7. The summed E-state index contributed by atoms with van der Waals surface area (Å²) >= 11 is 0. The van der Waals surface area contributed by atoms with Crippen LogP contribution in [0.25, 0.3) is 0 Å². The number of rotatable bonds is 58. The van der Waals surface area contributed by atoms with Crippen LogP contribution in [0.2, 0.25) is 0 Å². The number of nitrogens with one attached hydrogen (secondary N) is 1. The van der Waals surface area contributed by atoms with Crippen molar-refractivity contribution >= 4 is 11.9 Å². The van der Waals surface area contributed by atoms with Crippen LogP contribution in [0.5, 0.6) is 0 Å². The molecule has 0 radical (unpaired) electrons. The highest BCUT2D eigenvalue weighted by molar-refractivity contribution is 5.80. The molecule has 0 aromatic rings. The minimum Gasteiger partial charge on any atom is -0.454 e. The third-order valence-corrected chi connectivity index (χ3v) is 15.7. The first-order valence-corrected chi connectivity index (χ1v) is 34.7. The lowest BCUT2D eigenvalue weighted by atomic mass is 9.99. The van der Waals surface area contributed by atoms with Crippen molar-refractivity contribution < 1.29 is 49.3 Å². The van der Waals surface area contributed by atoms with Crippen molar-refractivity contribution in [2.24, 2.45) is 0 Å². The van der Waals surface area contributed by atoms with E-state index in [0.717, 1.165) is 103 Å². The van der Waals surface area contributed by atoms with Crippen LogP contribution in [-0.2, 0) is 23.8 Å². The Morgan fingerprint density at radius 2 is 0.847 bits per heavy atom. The molecule has 8 atom stereocenters. The molecule has 1 heterocycles. The number of aliphatic hydroxyl groups excluding tert-OH is 5. The molecule has 1 fully saturated rings. The number of allylic oxidation sites excluding steroid dienone is 17. The summed E-state index contributed by atoms with van der Waals surface area (Å²) in [6, 6.07) is -1.04. The van der Waals surface area contributed by atoms with Crippen LogP contribution >= 0.6 is 0 Å². The Kier molecular flexibility index (Phi) is 56.6. The van der Waals surface area contributed by atoms with E-state index < -0.39 is 67.4 Å². The summed E-state index contributed by atoms with van der Waals surface area (Å²) in [6.07, 6.45) is 72.8. The fraction of sp³-hybridized carbons (Fsp3) is 0.730. The van der Waals surface area contributed by atoms with Gasteiger partial charge in [0.25, 0.3) is 0 Å². The Bertz CT molecular complexity index is 1800. The maximum absolute atomic E-state index is 13.5. The van der Waals surface area contributed by atoms with E-state index >= 15 is 0 Å². The lowest BCUT2D eigenvalue weighted by molar-refractivity contribution is -0.305. The predicted octanol–water partition coefficient (Wildman–Crippen LogP) is 17.6. The smallest absolute Gasteiger partial charge is 0.306 e. The maximum atomic E-state index is 13.5. The highest BCUT2D eigenvalue weighted by Crippen LogP contribution is 2.26. The van der Waals surface area contributed by atoms with Crippen LogP contribution in [0, 0.1) is 0 Å². The molecule has 488 valence electrons. The van der Waals surface area contributed by atoms with Gasteiger partial charge in [0.1, 0.15) is 24.4 Å². The fourth-order valence-electron chi connectivity index (χ4n) is 10.2. The van der Waals surface area contributed by atoms with Crippen LogP contribution < -0.4 is 5.32 Å². The quantitative estimate of drug-likeness (QED) is 0.0195. The molecule has 1 amide bonds. The molecule has 1 aliphatic rings. The van der Waals surface area contributed by atoms with Gasteiger partial charge >= 0.3 is 5.97 Å². The van der Waals surface area contributed by atoms with E-state index in [1.54, 1.807) is 6.08 Å². The van der Waals surface area contributed by atoms with E-state index in [-0.39, 0.29) is 19.4 Å². The predicted molar refractivity (Wildman–Crippen MR) is 356 cm³/mol. The molecule has 0 aliphatic carbocycles. The number of aliphatic hydroxyl groups is 5. The number of unbranched alkanes of at least 4 members (excludes halogenated alkanes) is 28. The van der Waals surface area contributed by atoms with Crippen molar-refractivity contribution in [2.75, 3.05) is 13.2 Å². The van der Waals surface area contributed by atoms with Gasteiger partial charge in [-0.05, 0) is 109 Å². The lowest BCUT2D eigenvalue weighted by Gasteiger charge is -2.41. The number of amides is 1. The normalized spacial score (nSPS) is 19.1. The molecule has 6 N–H and O–H groups in total. The Balaban J connectivity index is 2.60. The molecule has 0 spiro atoms. The van der Waals surface area contributed by atoms with E-state index in [0.29, 0.717) is 12.8 Å². The van der Waals surface area contributed by atoms with Crippen molar-refractivity contribution in [2.45, 2.75) is 333 Å². The number of carbonyl (C=O) groups is 2. The second-order valence-electron chi connectivity index (χ2n) is 23.5. The molecule has 0 bridgehead atoms. The molecule has 1 rings (SSSR count). The van der Waals surface area contributed by atoms with E-state index in [1.165, 1.54) is 135 Å². The highest BCUT2D eigenvalue weighted by Gasteiger charge is 2.47. The Morgan fingerprint density at radius 3 is 1.29 bits per heavy atom. The second kappa shape index (κ2) is 60.6. The van der Waals surface area contributed by atoms with Crippen molar-refractivity contribution in [1.82, 2.24) is 5.32 Å². The van der Waals surface area contributed by atoms with E-state index in [2.05, 4.69) is 123 Å². The first-order chi connectivity index (χ1) is 41.7. The zero-order valence-electron chi connectivity index (χ0n) is 54.2. The van der Waals surface area contributed by atoms with Gasteiger partial charge in [0, 0.05) is 6.42 Å². The third kappa shape index (κ3) is 48.0. The molecule has 11 heteroatoms. The number of carbonyl (C=O) groups excluding carboxylic acids is 2. The topological polar surface area (TPSA) is 175 Å². The zero-order chi connectivity index (χ0) is 61.7. The van der Waals surface area contributed by atoms with Gasteiger partial charge in [-0.15, -0.1) is 0 Å². The van der Waals surface area contributed by atoms with Gasteiger partial charge in [0.15, 0.2) is 12.4 Å². The summed E-state index contributed by atoms with van der Waals surface area (Å²) in [5.74, 6) is -1.24. The minimum atomic E-state index is -1.64. The Morgan fingerprint density at radius 1 is 0.471 bits per heavy atom. The summed E-state index contributed by atoms with van der Waals surface area (Å²) in [5, 5.41) is 57.1. The number of ether oxygens (including phenoxy) is 3. The molecule has 0 aromatic carbocycles. The molecular formula is C74H127NO10.